The topological polar surface area (TPSA) is 15.3 Å². The zero-order valence-electron chi connectivity index (χ0n) is 6.31. The van der Waals surface area contributed by atoms with Crippen LogP contribution >= 0.6 is 0 Å². The Kier molecular flexibility index (Phi) is 1.39. The molecule has 0 saturated heterocycles. The van der Waals surface area contributed by atoms with Crippen molar-refractivity contribution in [3.05, 3.63) is 12.4 Å². The Morgan fingerprint density at radius 1 is 1.56 bits per heavy atom. The average molecular weight is 126 g/mol. The van der Waals surface area contributed by atoms with Crippen LogP contribution < -0.4 is 5.32 Å². The predicted molar refractivity (Wildman–Crippen MR) is 39.0 cm³/mol. The van der Waals surface area contributed by atoms with Gasteiger partial charge in [0.15, 0.2) is 0 Å². The lowest BCUT2D eigenvalue weighted by Crippen LogP contribution is -2.47. The molecule has 9 heavy (non-hydrogen) atoms. The number of likely N-dealkylation sites (N-methyl/N-ethyl adjacent to an activating group) is 1. The molecule has 2 heteroatoms. The fourth-order valence-electron chi connectivity index (χ4n) is 0.800. The monoisotopic (exact) mass is 126 g/mol. The first-order valence-electron chi connectivity index (χ1n) is 3.26. The number of hydrogen-bond donors (Lipinski definition) is 1. The predicted octanol–water partition coefficient (Wildman–Crippen LogP) is 0.771. The quantitative estimate of drug-likeness (QED) is 0.516. The molecule has 1 rings (SSSR count). The zero-order valence-corrected chi connectivity index (χ0v) is 6.31. The molecule has 0 fully saturated rings. The molecular weight excluding hydrogens is 112 g/mol. The normalized spacial score (nSPS) is 23.7. The summed E-state index contributed by atoms with van der Waals surface area (Å²) >= 11 is 0. The molecule has 1 aliphatic rings. The van der Waals surface area contributed by atoms with Crippen molar-refractivity contribution in [1.82, 2.24) is 10.2 Å². The molecule has 1 aliphatic heterocycles. The molecule has 0 radical (unpaired) electrons. The maximum atomic E-state index is 3.18. The fraction of sp³-hybridized carbons (Fsp3) is 0.714. The van der Waals surface area contributed by atoms with Gasteiger partial charge < -0.3 is 10.2 Å². The van der Waals surface area contributed by atoms with Crippen LogP contribution in [0.25, 0.3) is 0 Å². The van der Waals surface area contributed by atoms with Crippen molar-refractivity contribution < 1.29 is 0 Å². The number of nitrogens with one attached hydrogen (secondary N) is 1. The highest BCUT2D eigenvalue weighted by molar-refractivity contribution is 4.96. The molecule has 2 nitrogen and oxygen atoms in total. The van der Waals surface area contributed by atoms with E-state index < -0.39 is 0 Å². The van der Waals surface area contributed by atoms with Crippen LogP contribution in [0.5, 0.6) is 0 Å². The Hall–Kier alpha value is -0.660. The van der Waals surface area contributed by atoms with Gasteiger partial charge in [0.25, 0.3) is 0 Å². The SMILES string of the molecule is CN1C=CNCC1(C)C. The molecule has 1 heterocycles. The first kappa shape index (κ1) is 6.46. The second kappa shape index (κ2) is 1.94. The second-order valence-electron chi connectivity index (χ2n) is 3.12. The third-order valence-corrected chi connectivity index (χ3v) is 1.91. The highest BCUT2D eigenvalue weighted by Crippen LogP contribution is 2.13. The smallest absolute Gasteiger partial charge is 0.0509 e. The number of hydrogen-bond acceptors (Lipinski definition) is 2. The third-order valence-electron chi connectivity index (χ3n) is 1.91. The van der Waals surface area contributed by atoms with Crippen LogP contribution in [0.15, 0.2) is 12.4 Å². The molecule has 0 aliphatic carbocycles. The Morgan fingerprint density at radius 2 is 2.22 bits per heavy atom. The minimum absolute atomic E-state index is 0.273. The summed E-state index contributed by atoms with van der Waals surface area (Å²) in [5.41, 5.74) is 0.273. The molecule has 0 amide bonds. The van der Waals surface area contributed by atoms with Gasteiger partial charge in [-0.1, -0.05) is 0 Å². The molecule has 0 aromatic rings. The summed E-state index contributed by atoms with van der Waals surface area (Å²) in [5.74, 6) is 0. The van der Waals surface area contributed by atoms with Crippen LogP contribution in [0, 0.1) is 0 Å². The minimum Gasteiger partial charge on any atom is -0.387 e. The van der Waals surface area contributed by atoms with Gasteiger partial charge >= 0.3 is 0 Å². The van der Waals surface area contributed by atoms with Gasteiger partial charge in [0.2, 0.25) is 0 Å². The van der Waals surface area contributed by atoms with Crippen LogP contribution in [0.4, 0.5) is 0 Å². The average Bonchev–Trinajstić information content (AvgIpc) is 1.77. The van der Waals surface area contributed by atoms with Gasteiger partial charge in [0.05, 0.1) is 5.54 Å². The molecule has 0 aromatic heterocycles. The summed E-state index contributed by atoms with van der Waals surface area (Å²) in [4.78, 5) is 2.21. The largest absolute Gasteiger partial charge is 0.387 e. The van der Waals surface area contributed by atoms with Crippen molar-refractivity contribution >= 4 is 0 Å². The summed E-state index contributed by atoms with van der Waals surface area (Å²) in [6.45, 7) is 5.45. The van der Waals surface area contributed by atoms with E-state index in [9.17, 15) is 0 Å². The number of nitrogens with zero attached hydrogens (tertiary/aromatic N) is 1. The van der Waals surface area contributed by atoms with Gasteiger partial charge in [-0.3, -0.25) is 0 Å². The Morgan fingerprint density at radius 3 is 2.56 bits per heavy atom. The molecule has 0 spiro atoms. The zero-order chi connectivity index (χ0) is 6.91. The molecule has 1 N–H and O–H groups in total. The minimum atomic E-state index is 0.273. The standard InChI is InChI=1S/C7H14N2/c1-7(2)6-8-4-5-9(7)3/h4-5,8H,6H2,1-3H3. The van der Waals surface area contributed by atoms with E-state index in [4.69, 9.17) is 0 Å². The van der Waals surface area contributed by atoms with Crippen LogP contribution in [-0.2, 0) is 0 Å². The van der Waals surface area contributed by atoms with Crippen molar-refractivity contribution in [3.63, 3.8) is 0 Å². The summed E-state index contributed by atoms with van der Waals surface area (Å²) in [6, 6.07) is 0. The van der Waals surface area contributed by atoms with E-state index in [1.54, 1.807) is 0 Å². The van der Waals surface area contributed by atoms with Gasteiger partial charge in [-0.2, -0.15) is 0 Å². The van der Waals surface area contributed by atoms with Crippen molar-refractivity contribution in [2.75, 3.05) is 13.6 Å². The molecule has 0 aromatic carbocycles. The van der Waals surface area contributed by atoms with Gasteiger partial charge in [-0.15, -0.1) is 0 Å². The van der Waals surface area contributed by atoms with Crippen molar-refractivity contribution in [3.8, 4) is 0 Å². The highest BCUT2D eigenvalue weighted by Gasteiger charge is 2.22. The molecule has 0 saturated carbocycles. The van der Waals surface area contributed by atoms with Crippen LogP contribution in [0.1, 0.15) is 13.8 Å². The lowest BCUT2D eigenvalue weighted by Gasteiger charge is -2.37. The van der Waals surface area contributed by atoms with Crippen LogP contribution in [0.2, 0.25) is 0 Å². The fourth-order valence-corrected chi connectivity index (χ4v) is 0.800. The van der Waals surface area contributed by atoms with Crippen molar-refractivity contribution in [2.24, 2.45) is 0 Å². The van der Waals surface area contributed by atoms with Crippen LogP contribution in [-0.4, -0.2) is 24.0 Å². The lowest BCUT2D eigenvalue weighted by molar-refractivity contribution is 0.209. The Balaban J connectivity index is 2.66. The van der Waals surface area contributed by atoms with E-state index in [2.05, 4.69) is 37.3 Å². The maximum absolute atomic E-state index is 3.18. The third kappa shape index (κ3) is 1.18. The molecule has 52 valence electrons. The van der Waals surface area contributed by atoms with E-state index in [1.807, 2.05) is 6.20 Å². The molecule has 0 unspecified atom stereocenters. The van der Waals surface area contributed by atoms with Crippen molar-refractivity contribution in [1.29, 1.82) is 0 Å². The van der Waals surface area contributed by atoms with E-state index in [-0.39, 0.29) is 5.54 Å². The summed E-state index contributed by atoms with van der Waals surface area (Å²) < 4.78 is 0. The molecular formula is C7H14N2. The first-order chi connectivity index (χ1) is 4.13. The summed E-state index contributed by atoms with van der Waals surface area (Å²) in [5, 5.41) is 3.18. The van der Waals surface area contributed by atoms with E-state index >= 15 is 0 Å². The van der Waals surface area contributed by atoms with Crippen molar-refractivity contribution in [2.45, 2.75) is 19.4 Å². The van der Waals surface area contributed by atoms with Gasteiger partial charge in [-0.05, 0) is 13.8 Å². The van der Waals surface area contributed by atoms with E-state index in [0.717, 1.165) is 6.54 Å². The van der Waals surface area contributed by atoms with Crippen LogP contribution in [0.3, 0.4) is 0 Å². The molecule has 0 bridgehead atoms. The summed E-state index contributed by atoms with van der Waals surface area (Å²) in [7, 11) is 2.09. The maximum Gasteiger partial charge on any atom is 0.0509 e. The Labute approximate surface area is 56.5 Å². The first-order valence-corrected chi connectivity index (χ1v) is 3.26. The van der Waals surface area contributed by atoms with E-state index in [1.165, 1.54) is 0 Å². The molecule has 0 atom stereocenters. The number of rotatable bonds is 0. The van der Waals surface area contributed by atoms with E-state index in [0.29, 0.717) is 0 Å². The summed E-state index contributed by atoms with van der Waals surface area (Å²) in [6.07, 6.45) is 4.04. The van der Waals surface area contributed by atoms with Gasteiger partial charge in [0.1, 0.15) is 0 Å². The Bertz CT molecular complexity index is 127. The highest BCUT2D eigenvalue weighted by atomic mass is 15.2. The second-order valence-corrected chi connectivity index (χ2v) is 3.12. The lowest BCUT2D eigenvalue weighted by atomic mass is 10.0. The van der Waals surface area contributed by atoms with Gasteiger partial charge in [-0.25, -0.2) is 0 Å². The van der Waals surface area contributed by atoms with Gasteiger partial charge in [0, 0.05) is 26.0 Å².